The molecule has 1 unspecified atom stereocenters. The number of likely N-dealkylation sites (N-methyl/N-ethyl adjacent to an activating group) is 1. The van der Waals surface area contributed by atoms with Crippen LogP contribution in [-0.4, -0.2) is 49.2 Å². The molecule has 0 bridgehead atoms. The van der Waals surface area contributed by atoms with Crippen LogP contribution >= 0.6 is 11.6 Å². The average Bonchev–Trinajstić information content (AvgIpc) is 2.81. The first-order chi connectivity index (χ1) is 15.8. The highest BCUT2D eigenvalue weighted by Gasteiger charge is 2.24. The van der Waals surface area contributed by atoms with E-state index in [1.54, 1.807) is 49.4 Å². The molecule has 1 amide bonds. The van der Waals surface area contributed by atoms with Crippen LogP contribution in [0.4, 0.5) is 5.69 Å². The third kappa shape index (κ3) is 9.61. The fraction of sp³-hybridized carbons (Fsp3) is 0.440. The summed E-state index contributed by atoms with van der Waals surface area (Å²) in [6, 6.07) is 11.8. The molecule has 0 aliphatic heterocycles. The van der Waals surface area contributed by atoms with Crippen LogP contribution in [0.5, 0.6) is 11.5 Å². The Morgan fingerprint density at radius 1 is 1.12 bits per heavy atom. The number of nitrogens with zero attached hydrogens (tertiary/aromatic N) is 1. The molecule has 2 rings (SSSR count). The van der Waals surface area contributed by atoms with E-state index in [1.165, 1.54) is 0 Å². The largest absolute Gasteiger partial charge is 0.497 e. The number of methoxy groups -OCH3 is 1. The fourth-order valence-electron chi connectivity index (χ4n) is 3.05. The Bertz CT molecular complexity index is 874. The van der Waals surface area contributed by atoms with Crippen molar-refractivity contribution in [2.45, 2.75) is 46.1 Å². The van der Waals surface area contributed by atoms with Crippen LogP contribution in [0.3, 0.4) is 0 Å². The zero-order valence-electron chi connectivity index (χ0n) is 20.1. The lowest BCUT2D eigenvalue weighted by Crippen LogP contribution is -2.35. The van der Waals surface area contributed by atoms with Crippen molar-refractivity contribution in [3.8, 4) is 11.5 Å². The van der Waals surface area contributed by atoms with E-state index in [4.69, 9.17) is 26.2 Å². The zero-order chi connectivity index (χ0) is 24.8. The summed E-state index contributed by atoms with van der Waals surface area (Å²) < 4.78 is 11.1. The van der Waals surface area contributed by atoms with Gasteiger partial charge < -0.3 is 24.8 Å². The van der Waals surface area contributed by atoms with E-state index in [2.05, 4.69) is 5.32 Å². The van der Waals surface area contributed by atoms with E-state index in [-0.39, 0.29) is 18.9 Å². The van der Waals surface area contributed by atoms with Crippen LogP contribution in [0.15, 0.2) is 42.5 Å². The summed E-state index contributed by atoms with van der Waals surface area (Å²) in [7, 11) is 3.32. The quantitative estimate of drug-likeness (QED) is 0.384. The van der Waals surface area contributed by atoms with Gasteiger partial charge in [-0.25, -0.2) is 0 Å². The van der Waals surface area contributed by atoms with Gasteiger partial charge in [-0.15, -0.1) is 0 Å². The molecule has 2 aromatic rings. The third-order valence-corrected chi connectivity index (χ3v) is 4.87. The van der Waals surface area contributed by atoms with Gasteiger partial charge in [0, 0.05) is 48.9 Å². The highest BCUT2D eigenvalue weighted by molar-refractivity contribution is 6.30. The zero-order valence-corrected chi connectivity index (χ0v) is 20.8. The van der Waals surface area contributed by atoms with Gasteiger partial charge in [-0.05, 0) is 30.5 Å². The summed E-state index contributed by atoms with van der Waals surface area (Å²) in [6.07, 6.45) is 1.28. The molecule has 0 spiro atoms. The lowest BCUT2D eigenvalue weighted by Gasteiger charge is -2.26. The van der Waals surface area contributed by atoms with Crippen molar-refractivity contribution in [1.82, 2.24) is 4.90 Å². The number of carbonyl (C=O) groups is 2. The molecular weight excluding hydrogens is 444 g/mol. The van der Waals surface area contributed by atoms with Gasteiger partial charge >= 0.3 is 5.97 Å². The molecule has 0 aliphatic rings. The highest BCUT2D eigenvalue weighted by atomic mass is 35.5. The van der Waals surface area contributed by atoms with Gasteiger partial charge in [0.15, 0.2) is 0 Å². The van der Waals surface area contributed by atoms with Gasteiger partial charge in [-0.3, -0.25) is 9.59 Å². The van der Waals surface area contributed by atoms with Gasteiger partial charge in [-0.2, -0.15) is 0 Å². The Hall–Kier alpha value is -2.93. The third-order valence-electron chi connectivity index (χ3n) is 4.62. The number of nitrogens with one attached hydrogen (secondary N) is 1. The predicted octanol–water partition coefficient (Wildman–Crippen LogP) is 5.64. The number of hydrogen-bond donors (Lipinski definition) is 2. The lowest BCUT2D eigenvalue weighted by molar-refractivity contribution is -0.137. The number of carboxylic acid groups (broad SMARTS) is 1. The molecule has 0 aromatic heterocycles. The smallest absolute Gasteiger partial charge is 0.303 e. The van der Waals surface area contributed by atoms with E-state index in [0.29, 0.717) is 35.2 Å². The van der Waals surface area contributed by atoms with Crippen LogP contribution in [-0.2, 0) is 9.59 Å². The van der Waals surface area contributed by atoms with Crippen molar-refractivity contribution < 1.29 is 24.2 Å². The second kappa shape index (κ2) is 15.0. The molecule has 8 heteroatoms. The van der Waals surface area contributed by atoms with Crippen LogP contribution in [0.2, 0.25) is 5.02 Å². The molecule has 0 heterocycles. The summed E-state index contributed by atoms with van der Waals surface area (Å²) in [5.74, 6) is 0.145. The molecule has 1 atom stereocenters. The summed E-state index contributed by atoms with van der Waals surface area (Å²) in [5.41, 5.74) is 1.43. The Morgan fingerprint density at radius 2 is 1.76 bits per heavy atom. The number of benzene rings is 2. The van der Waals surface area contributed by atoms with Gasteiger partial charge in [0.1, 0.15) is 17.5 Å². The van der Waals surface area contributed by atoms with E-state index >= 15 is 0 Å². The van der Waals surface area contributed by atoms with Crippen molar-refractivity contribution in [3.05, 3.63) is 53.1 Å². The number of carbonyl (C=O) groups excluding carboxylic acids is 1. The first kappa shape index (κ1) is 28.1. The second-order valence-electron chi connectivity index (χ2n) is 7.13. The molecule has 0 saturated heterocycles. The molecule has 7 nitrogen and oxygen atoms in total. The van der Waals surface area contributed by atoms with Crippen molar-refractivity contribution in [1.29, 1.82) is 0 Å². The van der Waals surface area contributed by atoms with Gasteiger partial charge in [0.2, 0.25) is 5.91 Å². The maximum Gasteiger partial charge on any atom is 0.303 e. The van der Waals surface area contributed by atoms with E-state index in [1.807, 2.05) is 32.9 Å². The van der Waals surface area contributed by atoms with Crippen molar-refractivity contribution >= 4 is 29.2 Å². The van der Waals surface area contributed by atoms with Crippen molar-refractivity contribution in [2.75, 3.05) is 32.6 Å². The minimum absolute atomic E-state index is 0.0337. The Labute approximate surface area is 201 Å². The molecule has 182 valence electrons. The molecule has 2 N–H and O–H groups in total. The molecule has 33 heavy (non-hydrogen) atoms. The van der Waals surface area contributed by atoms with Gasteiger partial charge in [0.05, 0.1) is 13.7 Å². The average molecular weight is 479 g/mol. The standard InChI is InChI=1S/C23H29ClN2O5.C2H6/c1-4-11-26(2)23(29)22(16-7-9-17(24)10-8-16)25-18-13-19(30-3)15-20(14-18)31-12-5-6-21(27)28;1-2/h7-10,13-15,22,25H,4-6,11-12H2,1-3H3,(H,27,28);1-2H3. The minimum atomic E-state index is -0.864. The second-order valence-corrected chi connectivity index (χ2v) is 7.57. The number of anilines is 1. The number of aliphatic carboxylic acids is 1. The molecule has 0 fully saturated rings. The van der Waals surface area contributed by atoms with Crippen LogP contribution in [0, 0.1) is 0 Å². The van der Waals surface area contributed by atoms with Crippen molar-refractivity contribution in [3.63, 3.8) is 0 Å². The molecule has 0 aliphatic carbocycles. The Kier molecular flexibility index (Phi) is 12.8. The van der Waals surface area contributed by atoms with Gasteiger partial charge in [-0.1, -0.05) is 44.5 Å². The lowest BCUT2D eigenvalue weighted by atomic mass is 10.0. The van der Waals surface area contributed by atoms with Crippen LogP contribution < -0.4 is 14.8 Å². The van der Waals surface area contributed by atoms with Crippen LogP contribution in [0.1, 0.15) is 51.6 Å². The first-order valence-electron chi connectivity index (χ1n) is 11.1. The molecule has 0 saturated carbocycles. The number of carboxylic acids is 1. The minimum Gasteiger partial charge on any atom is -0.497 e. The summed E-state index contributed by atoms with van der Waals surface area (Å²) in [4.78, 5) is 25.5. The SMILES string of the molecule is CC.CCCN(C)C(=O)C(Nc1cc(OC)cc(OCCCC(=O)O)c1)c1ccc(Cl)cc1. The van der Waals surface area contributed by atoms with Crippen LogP contribution in [0.25, 0.3) is 0 Å². The van der Waals surface area contributed by atoms with Crippen molar-refractivity contribution in [2.24, 2.45) is 0 Å². The Morgan fingerprint density at radius 3 is 2.33 bits per heavy atom. The van der Waals surface area contributed by atoms with E-state index < -0.39 is 12.0 Å². The fourth-order valence-corrected chi connectivity index (χ4v) is 3.17. The number of amides is 1. The number of halogens is 1. The number of rotatable bonds is 12. The topological polar surface area (TPSA) is 88.1 Å². The predicted molar refractivity (Wildman–Crippen MR) is 132 cm³/mol. The summed E-state index contributed by atoms with van der Waals surface area (Å²) in [5, 5.41) is 12.6. The Balaban J connectivity index is 0.00000265. The maximum absolute atomic E-state index is 13.1. The molecule has 0 radical (unpaired) electrons. The number of hydrogen-bond acceptors (Lipinski definition) is 5. The van der Waals surface area contributed by atoms with E-state index in [0.717, 1.165) is 12.0 Å². The summed E-state index contributed by atoms with van der Waals surface area (Å²) in [6.45, 7) is 6.92. The number of ether oxygens (including phenoxy) is 2. The van der Waals surface area contributed by atoms with Gasteiger partial charge in [0.25, 0.3) is 0 Å². The normalized spacial score (nSPS) is 11.0. The van der Waals surface area contributed by atoms with E-state index in [9.17, 15) is 9.59 Å². The molecular formula is C25H35ClN2O5. The monoisotopic (exact) mass is 478 g/mol. The summed E-state index contributed by atoms with van der Waals surface area (Å²) >= 11 is 6.02. The maximum atomic E-state index is 13.1. The first-order valence-corrected chi connectivity index (χ1v) is 11.5. The molecule has 2 aromatic carbocycles. The highest BCUT2D eigenvalue weighted by Crippen LogP contribution is 2.30.